The number of fused-ring (bicyclic) bond motifs is 3. The molecule has 2 bridgehead atoms. The lowest BCUT2D eigenvalue weighted by Crippen LogP contribution is -2.52. The number of anilines is 2. The average molecular weight is 473 g/mol. The van der Waals surface area contributed by atoms with Gasteiger partial charge in [-0.3, -0.25) is 5.32 Å². The Morgan fingerprint density at radius 3 is 2.39 bits per heavy atom. The molecule has 3 aliphatic heterocycles. The zero-order chi connectivity index (χ0) is 23.5. The molecule has 2 fully saturated rings. The maximum Gasteiger partial charge on any atom is 0.430 e. The predicted molar refractivity (Wildman–Crippen MR) is 104 cm³/mol. The molecule has 0 radical (unpaired) electrons. The third-order valence-corrected chi connectivity index (χ3v) is 6.05. The summed E-state index contributed by atoms with van der Waals surface area (Å²) in [5, 5.41) is 5.30. The van der Waals surface area contributed by atoms with Gasteiger partial charge >= 0.3 is 18.4 Å². The molecule has 0 aliphatic carbocycles. The van der Waals surface area contributed by atoms with Gasteiger partial charge in [0, 0.05) is 36.9 Å². The molecule has 3 aliphatic rings. The van der Waals surface area contributed by atoms with E-state index < -0.39 is 41.5 Å². The van der Waals surface area contributed by atoms with Crippen molar-refractivity contribution >= 4 is 17.7 Å². The standard InChI is InChI=1S/C20H17F6N5O2/c21-19(22,23)9-5-13(29-14(6-9)31-10-1-2-11(31)8-27-7-10)12-3-4-28-17-15(12)16(20(24,25)26)33-18(32)30-17/h3-6,10-11,16,27H,1-2,7-8H2,(H,28,30,32)/t10?,11?,16-/m1/s1. The molecule has 2 aromatic rings. The largest absolute Gasteiger partial charge is 0.431 e. The van der Waals surface area contributed by atoms with Crippen LogP contribution in [-0.2, 0) is 10.9 Å². The second-order valence-corrected chi connectivity index (χ2v) is 8.12. The summed E-state index contributed by atoms with van der Waals surface area (Å²) in [6.45, 7) is 1.15. The molecule has 0 spiro atoms. The first-order valence-corrected chi connectivity index (χ1v) is 10.1. The summed E-state index contributed by atoms with van der Waals surface area (Å²) in [5.41, 5.74) is -2.19. The van der Waals surface area contributed by atoms with Crippen molar-refractivity contribution in [1.29, 1.82) is 0 Å². The van der Waals surface area contributed by atoms with Gasteiger partial charge in [-0.15, -0.1) is 0 Å². The molecular formula is C20H17F6N5O2. The van der Waals surface area contributed by atoms with Crippen LogP contribution in [0.5, 0.6) is 0 Å². The van der Waals surface area contributed by atoms with Crippen LogP contribution in [0.3, 0.4) is 0 Å². The summed E-state index contributed by atoms with van der Waals surface area (Å²) in [6, 6.07) is 2.63. The van der Waals surface area contributed by atoms with Crippen LogP contribution in [0.25, 0.3) is 11.3 Å². The molecule has 2 unspecified atom stereocenters. The van der Waals surface area contributed by atoms with E-state index in [2.05, 4.69) is 25.3 Å². The number of alkyl halides is 6. The lowest BCUT2D eigenvalue weighted by atomic mass is 9.98. The molecule has 3 atom stereocenters. The molecule has 7 nitrogen and oxygen atoms in total. The minimum absolute atomic E-state index is 0.0451. The van der Waals surface area contributed by atoms with E-state index in [0.29, 0.717) is 19.2 Å². The molecule has 33 heavy (non-hydrogen) atoms. The van der Waals surface area contributed by atoms with Gasteiger partial charge in [-0.1, -0.05) is 0 Å². The molecule has 13 heteroatoms. The molecule has 5 heterocycles. The number of nitrogens with one attached hydrogen (secondary N) is 2. The van der Waals surface area contributed by atoms with Crippen LogP contribution in [0.15, 0.2) is 24.4 Å². The van der Waals surface area contributed by atoms with E-state index in [1.807, 2.05) is 4.90 Å². The van der Waals surface area contributed by atoms with Crippen molar-refractivity contribution in [2.24, 2.45) is 0 Å². The van der Waals surface area contributed by atoms with Crippen molar-refractivity contribution in [2.75, 3.05) is 23.3 Å². The van der Waals surface area contributed by atoms with Crippen LogP contribution in [0.1, 0.15) is 30.1 Å². The molecule has 5 rings (SSSR count). The van der Waals surface area contributed by atoms with Gasteiger partial charge in [0.2, 0.25) is 6.10 Å². The Morgan fingerprint density at radius 2 is 1.76 bits per heavy atom. The number of hydrogen-bond acceptors (Lipinski definition) is 6. The van der Waals surface area contributed by atoms with E-state index in [1.54, 1.807) is 0 Å². The SMILES string of the molecule is O=C1Nc2nccc(-c3cc(C(F)(F)F)cc(N4C5CCC4CNC5)n3)c2[C@H](C(F)(F)F)O1. The fourth-order valence-corrected chi connectivity index (χ4v) is 4.69. The number of aromatic nitrogens is 2. The number of halogens is 6. The summed E-state index contributed by atoms with van der Waals surface area (Å²) in [6.07, 6.45) is -11.2. The summed E-state index contributed by atoms with van der Waals surface area (Å²) < 4.78 is 86.8. The maximum atomic E-state index is 13.8. The Labute approximate surface area is 183 Å². The minimum Gasteiger partial charge on any atom is -0.431 e. The number of pyridine rings is 2. The smallest absolute Gasteiger partial charge is 0.430 e. The van der Waals surface area contributed by atoms with Gasteiger partial charge in [0.25, 0.3) is 0 Å². The van der Waals surface area contributed by atoms with Gasteiger partial charge in [-0.25, -0.2) is 14.8 Å². The number of hydrogen-bond donors (Lipinski definition) is 2. The summed E-state index contributed by atoms with van der Waals surface area (Å²) in [5.74, 6) is -0.391. The monoisotopic (exact) mass is 473 g/mol. The normalized spacial score (nSPS) is 24.8. The van der Waals surface area contributed by atoms with Crippen LogP contribution >= 0.6 is 0 Å². The van der Waals surface area contributed by atoms with Crippen molar-refractivity contribution in [1.82, 2.24) is 15.3 Å². The molecular weight excluding hydrogens is 456 g/mol. The van der Waals surface area contributed by atoms with E-state index in [-0.39, 0.29) is 29.2 Å². The van der Waals surface area contributed by atoms with Crippen LogP contribution in [0.4, 0.5) is 42.8 Å². The van der Waals surface area contributed by atoms with Crippen LogP contribution in [-0.4, -0.2) is 47.4 Å². The van der Waals surface area contributed by atoms with Gasteiger partial charge in [0.15, 0.2) is 0 Å². The van der Waals surface area contributed by atoms with Crippen molar-refractivity contribution in [2.45, 2.75) is 43.4 Å². The zero-order valence-corrected chi connectivity index (χ0v) is 16.8. The highest BCUT2D eigenvalue weighted by molar-refractivity contribution is 5.89. The number of amides is 1. The lowest BCUT2D eigenvalue weighted by Gasteiger charge is -2.37. The molecule has 2 aromatic heterocycles. The number of rotatable bonds is 2. The average Bonchev–Trinajstić information content (AvgIpc) is 2.99. The molecule has 176 valence electrons. The highest BCUT2D eigenvalue weighted by Crippen LogP contribution is 2.46. The Morgan fingerprint density at radius 1 is 1.06 bits per heavy atom. The number of carbonyl (C=O) groups is 1. The zero-order valence-electron chi connectivity index (χ0n) is 16.8. The third-order valence-electron chi connectivity index (χ3n) is 6.05. The Bertz CT molecular complexity index is 1090. The predicted octanol–water partition coefficient (Wildman–Crippen LogP) is 4.27. The maximum absolute atomic E-state index is 13.8. The van der Waals surface area contributed by atoms with Gasteiger partial charge in [-0.05, 0) is 31.0 Å². The van der Waals surface area contributed by atoms with Crippen molar-refractivity contribution < 1.29 is 35.9 Å². The van der Waals surface area contributed by atoms with E-state index in [1.165, 1.54) is 0 Å². The number of carbonyl (C=O) groups excluding carboxylic acids is 1. The van der Waals surface area contributed by atoms with Crippen LogP contribution < -0.4 is 15.5 Å². The van der Waals surface area contributed by atoms with Gasteiger partial charge in [0.1, 0.15) is 11.6 Å². The molecule has 1 amide bonds. The van der Waals surface area contributed by atoms with Gasteiger partial charge < -0.3 is 15.0 Å². The Balaban J connectivity index is 1.69. The summed E-state index contributed by atoms with van der Waals surface area (Å²) in [7, 11) is 0. The van der Waals surface area contributed by atoms with Crippen molar-refractivity contribution in [3.63, 3.8) is 0 Å². The number of piperazine rings is 1. The first-order chi connectivity index (χ1) is 15.5. The summed E-state index contributed by atoms with van der Waals surface area (Å²) >= 11 is 0. The minimum atomic E-state index is -5.01. The topological polar surface area (TPSA) is 79.4 Å². The lowest BCUT2D eigenvalue weighted by molar-refractivity contribution is -0.206. The fraction of sp³-hybridized carbons (Fsp3) is 0.450. The molecule has 2 saturated heterocycles. The van der Waals surface area contributed by atoms with Crippen LogP contribution in [0.2, 0.25) is 0 Å². The van der Waals surface area contributed by atoms with Crippen LogP contribution in [0, 0.1) is 0 Å². The van der Waals surface area contributed by atoms with Gasteiger partial charge in [-0.2, -0.15) is 26.3 Å². The second-order valence-electron chi connectivity index (χ2n) is 8.12. The highest BCUT2D eigenvalue weighted by Gasteiger charge is 2.49. The molecule has 0 saturated carbocycles. The quantitative estimate of drug-likeness (QED) is 0.635. The molecule has 0 aromatic carbocycles. The van der Waals surface area contributed by atoms with E-state index in [4.69, 9.17) is 0 Å². The van der Waals surface area contributed by atoms with E-state index >= 15 is 0 Å². The number of nitrogens with zero attached hydrogens (tertiary/aromatic N) is 3. The Kier molecular flexibility index (Phi) is 4.92. The third kappa shape index (κ3) is 3.83. The van der Waals surface area contributed by atoms with E-state index in [9.17, 15) is 31.1 Å². The number of ether oxygens (including phenoxy) is 1. The fourth-order valence-electron chi connectivity index (χ4n) is 4.69. The highest BCUT2D eigenvalue weighted by atomic mass is 19.4. The second kappa shape index (κ2) is 7.47. The van der Waals surface area contributed by atoms with Crippen molar-refractivity contribution in [3.05, 3.63) is 35.5 Å². The molecule has 2 N–H and O–H groups in total. The Hall–Kier alpha value is -3.09. The number of cyclic esters (lactones) is 1. The van der Waals surface area contributed by atoms with E-state index in [0.717, 1.165) is 31.2 Å². The first kappa shape index (κ1) is 21.7. The van der Waals surface area contributed by atoms with Gasteiger partial charge in [0.05, 0.1) is 16.8 Å². The first-order valence-electron chi connectivity index (χ1n) is 10.1. The summed E-state index contributed by atoms with van der Waals surface area (Å²) in [4.78, 5) is 21.5. The van der Waals surface area contributed by atoms with Crippen molar-refractivity contribution in [3.8, 4) is 11.3 Å².